The molecule has 110 valence electrons. The summed E-state index contributed by atoms with van der Waals surface area (Å²) in [6.07, 6.45) is 1.78. The molecule has 1 aromatic carbocycles. The number of nitrogens with zero attached hydrogens (tertiary/aromatic N) is 1. The first kappa shape index (κ1) is 13.9. The molecule has 1 aromatic heterocycles. The molecule has 0 radical (unpaired) electrons. The number of benzene rings is 1. The van der Waals surface area contributed by atoms with Crippen LogP contribution >= 0.6 is 11.3 Å². The molecule has 6 heteroatoms. The highest BCUT2D eigenvalue weighted by molar-refractivity contribution is 7.09. The van der Waals surface area contributed by atoms with Crippen LogP contribution in [-0.4, -0.2) is 30.6 Å². The molecule has 0 bridgehead atoms. The molecule has 21 heavy (non-hydrogen) atoms. The molecule has 1 atom stereocenters. The summed E-state index contributed by atoms with van der Waals surface area (Å²) in [6.45, 7) is 3.95. The Bertz CT molecular complexity index is 628. The summed E-state index contributed by atoms with van der Waals surface area (Å²) < 4.78 is 5.62. The van der Waals surface area contributed by atoms with Crippen molar-refractivity contribution in [3.05, 3.63) is 40.3 Å². The van der Waals surface area contributed by atoms with Crippen LogP contribution in [0.5, 0.6) is 5.75 Å². The number of nitrogens with one attached hydrogen (secondary N) is 2. The lowest BCUT2D eigenvalue weighted by Crippen LogP contribution is -2.29. The summed E-state index contributed by atoms with van der Waals surface area (Å²) in [6, 6.07) is 5.57. The van der Waals surface area contributed by atoms with Gasteiger partial charge in [-0.15, -0.1) is 11.3 Å². The maximum absolute atomic E-state index is 12.4. The number of carbonyl (C=O) groups excluding carboxylic acids is 1. The molecular formula is C15H17N3O2S. The Balaban J connectivity index is 1.68. The Labute approximate surface area is 127 Å². The van der Waals surface area contributed by atoms with Crippen molar-refractivity contribution in [2.75, 3.05) is 25.0 Å². The van der Waals surface area contributed by atoms with Crippen LogP contribution in [0.1, 0.15) is 28.2 Å². The minimum atomic E-state index is -0.112. The maximum atomic E-state index is 12.4. The van der Waals surface area contributed by atoms with Crippen molar-refractivity contribution in [2.45, 2.75) is 12.8 Å². The van der Waals surface area contributed by atoms with Crippen molar-refractivity contribution in [3.63, 3.8) is 0 Å². The van der Waals surface area contributed by atoms with Crippen LogP contribution in [0.2, 0.25) is 0 Å². The summed E-state index contributed by atoms with van der Waals surface area (Å²) in [5, 5.41) is 9.16. The van der Waals surface area contributed by atoms with Gasteiger partial charge in [-0.1, -0.05) is 13.0 Å². The molecule has 1 aliphatic heterocycles. The van der Waals surface area contributed by atoms with Crippen LogP contribution < -0.4 is 15.4 Å². The lowest BCUT2D eigenvalue weighted by Gasteiger charge is -2.21. The third kappa shape index (κ3) is 3.00. The Kier molecular flexibility index (Phi) is 4.06. The van der Waals surface area contributed by atoms with E-state index in [0.717, 1.165) is 17.2 Å². The van der Waals surface area contributed by atoms with Crippen molar-refractivity contribution in [1.29, 1.82) is 0 Å². The summed E-state index contributed by atoms with van der Waals surface area (Å²) in [5.41, 5.74) is 1.45. The minimum absolute atomic E-state index is 0.112. The molecule has 0 spiro atoms. The fourth-order valence-electron chi connectivity index (χ4n) is 2.26. The number of hydrogen-bond acceptors (Lipinski definition) is 5. The number of thiazole rings is 1. The summed E-state index contributed by atoms with van der Waals surface area (Å²) in [7, 11) is 0. The SMILES string of the molecule is CC(CNC(=O)c1cccc2c1OCCN2)c1nccs1. The topological polar surface area (TPSA) is 63.2 Å². The zero-order chi connectivity index (χ0) is 14.7. The van der Waals surface area contributed by atoms with Gasteiger partial charge in [0.25, 0.3) is 5.91 Å². The van der Waals surface area contributed by atoms with Gasteiger partial charge in [-0.3, -0.25) is 4.79 Å². The average molecular weight is 303 g/mol. The fraction of sp³-hybridized carbons (Fsp3) is 0.333. The maximum Gasteiger partial charge on any atom is 0.255 e. The predicted molar refractivity (Wildman–Crippen MR) is 83.3 cm³/mol. The van der Waals surface area contributed by atoms with Gasteiger partial charge in [-0.05, 0) is 12.1 Å². The first-order valence-electron chi connectivity index (χ1n) is 6.93. The van der Waals surface area contributed by atoms with Gasteiger partial charge >= 0.3 is 0 Å². The third-order valence-electron chi connectivity index (χ3n) is 3.37. The van der Waals surface area contributed by atoms with E-state index >= 15 is 0 Å². The van der Waals surface area contributed by atoms with Crippen molar-refractivity contribution in [3.8, 4) is 5.75 Å². The number of hydrogen-bond donors (Lipinski definition) is 2. The van der Waals surface area contributed by atoms with Crippen LogP contribution in [-0.2, 0) is 0 Å². The summed E-state index contributed by atoms with van der Waals surface area (Å²) in [4.78, 5) is 16.6. The Morgan fingerprint density at radius 1 is 1.57 bits per heavy atom. The van der Waals surface area contributed by atoms with Crippen LogP contribution in [0.25, 0.3) is 0 Å². The summed E-state index contributed by atoms with van der Waals surface area (Å²) >= 11 is 1.60. The van der Waals surface area contributed by atoms with Crippen LogP contribution in [0.3, 0.4) is 0 Å². The van der Waals surface area contributed by atoms with E-state index in [1.54, 1.807) is 23.6 Å². The quantitative estimate of drug-likeness (QED) is 0.911. The van der Waals surface area contributed by atoms with E-state index in [-0.39, 0.29) is 11.8 Å². The number of fused-ring (bicyclic) bond motifs is 1. The molecule has 0 aliphatic carbocycles. The van der Waals surface area contributed by atoms with Gasteiger partial charge in [0.1, 0.15) is 6.61 Å². The molecule has 1 unspecified atom stereocenters. The van der Waals surface area contributed by atoms with Gasteiger partial charge in [-0.2, -0.15) is 0 Å². The predicted octanol–water partition coefficient (Wildman–Crippen LogP) is 2.48. The second-order valence-corrected chi connectivity index (χ2v) is 5.87. The van der Waals surface area contributed by atoms with Crippen molar-refractivity contribution < 1.29 is 9.53 Å². The first-order valence-corrected chi connectivity index (χ1v) is 7.81. The third-order valence-corrected chi connectivity index (χ3v) is 4.37. The number of rotatable bonds is 4. The van der Waals surface area contributed by atoms with Gasteiger partial charge in [0.05, 0.1) is 16.3 Å². The Morgan fingerprint density at radius 3 is 3.29 bits per heavy atom. The van der Waals surface area contributed by atoms with E-state index in [4.69, 9.17) is 4.74 Å². The lowest BCUT2D eigenvalue weighted by molar-refractivity contribution is 0.0947. The second kappa shape index (κ2) is 6.13. The van der Waals surface area contributed by atoms with E-state index in [1.807, 2.05) is 17.5 Å². The molecule has 1 aliphatic rings. The Hall–Kier alpha value is -2.08. The first-order chi connectivity index (χ1) is 10.3. The van der Waals surface area contributed by atoms with Crippen LogP contribution in [0.4, 0.5) is 5.69 Å². The molecule has 3 rings (SSSR count). The molecule has 2 aromatic rings. The Morgan fingerprint density at radius 2 is 2.48 bits per heavy atom. The van der Waals surface area contributed by atoms with Gasteiger partial charge in [0.2, 0.25) is 0 Å². The molecule has 2 N–H and O–H groups in total. The normalized spacial score (nSPS) is 14.5. The molecule has 5 nitrogen and oxygen atoms in total. The van der Waals surface area contributed by atoms with Gasteiger partial charge in [0.15, 0.2) is 5.75 Å². The van der Waals surface area contributed by atoms with Crippen molar-refractivity contribution in [1.82, 2.24) is 10.3 Å². The fourth-order valence-corrected chi connectivity index (χ4v) is 2.95. The van der Waals surface area contributed by atoms with E-state index in [1.165, 1.54) is 0 Å². The molecule has 0 saturated heterocycles. The van der Waals surface area contributed by atoms with Gasteiger partial charge in [0, 0.05) is 30.6 Å². The number of carbonyl (C=O) groups is 1. The van der Waals surface area contributed by atoms with E-state index in [0.29, 0.717) is 24.5 Å². The largest absolute Gasteiger partial charge is 0.489 e. The van der Waals surface area contributed by atoms with Crippen LogP contribution in [0.15, 0.2) is 29.8 Å². The number of anilines is 1. The van der Waals surface area contributed by atoms with E-state index in [9.17, 15) is 4.79 Å². The van der Waals surface area contributed by atoms with E-state index < -0.39 is 0 Å². The van der Waals surface area contributed by atoms with Crippen molar-refractivity contribution >= 4 is 22.9 Å². The highest BCUT2D eigenvalue weighted by Crippen LogP contribution is 2.31. The monoisotopic (exact) mass is 303 g/mol. The molecule has 0 fully saturated rings. The minimum Gasteiger partial charge on any atom is -0.489 e. The molecule has 0 saturated carbocycles. The molecule has 1 amide bonds. The van der Waals surface area contributed by atoms with Gasteiger partial charge in [-0.25, -0.2) is 4.98 Å². The highest BCUT2D eigenvalue weighted by Gasteiger charge is 2.19. The zero-order valence-electron chi connectivity index (χ0n) is 11.8. The average Bonchev–Trinajstić information content (AvgIpc) is 3.06. The lowest BCUT2D eigenvalue weighted by atomic mass is 10.1. The number of ether oxygens (including phenoxy) is 1. The van der Waals surface area contributed by atoms with Gasteiger partial charge < -0.3 is 15.4 Å². The van der Waals surface area contributed by atoms with Crippen molar-refractivity contribution in [2.24, 2.45) is 0 Å². The number of para-hydroxylation sites is 1. The number of amides is 1. The second-order valence-electron chi connectivity index (χ2n) is 4.94. The standard InChI is InChI=1S/C15H17N3O2S/c1-10(15-17-6-8-21-15)9-18-14(19)11-3-2-4-12-13(11)20-7-5-16-12/h2-4,6,8,10,16H,5,7,9H2,1H3,(H,18,19). The number of aromatic nitrogens is 1. The highest BCUT2D eigenvalue weighted by atomic mass is 32.1. The summed E-state index contributed by atoms with van der Waals surface area (Å²) in [5.74, 6) is 0.731. The van der Waals surface area contributed by atoms with Crippen LogP contribution in [0, 0.1) is 0 Å². The molecular weight excluding hydrogens is 286 g/mol. The smallest absolute Gasteiger partial charge is 0.255 e. The molecule has 2 heterocycles. The zero-order valence-corrected chi connectivity index (χ0v) is 12.6. The van der Waals surface area contributed by atoms with E-state index in [2.05, 4.69) is 22.5 Å².